The number of nitrogens with two attached hydrogens (primary N) is 1. The number of furan rings is 1. The molecule has 0 unspecified atom stereocenters. The van der Waals surface area contributed by atoms with Crippen molar-refractivity contribution in [2.24, 2.45) is 0 Å². The SMILES string of the molecule is Nc1ccc(-n2c3ccccc3c3ccccc32)c(-c2ccc3oc4ccccc4c3c2)c1. The number of nitrogen functional groups attached to an aromatic ring is 1. The molecule has 2 heterocycles. The van der Waals surface area contributed by atoms with Crippen molar-refractivity contribution in [1.29, 1.82) is 0 Å². The Morgan fingerprint density at radius 3 is 1.94 bits per heavy atom. The third kappa shape index (κ3) is 2.63. The van der Waals surface area contributed by atoms with Gasteiger partial charge in [0, 0.05) is 32.8 Å². The first-order chi connectivity index (χ1) is 16.3. The average molecular weight is 425 g/mol. The Labute approximate surface area is 190 Å². The summed E-state index contributed by atoms with van der Waals surface area (Å²) in [7, 11) is 0. The second-order valence-electron chi connectivity index (χ2n) is 8.46. The van der Waals surface area contributed by atoms with E-state index in [9.17, 15) is 0 Å². The minimum atomic E-state index is 0.742. The van der Waals surface area contributed by atoms with Crippen LogP contribution in [0.25, 0.3) is 60.6 Å². The van der Waals surface area contributed by atoms with Crippen LogP contribution in [0.1, 0.15) is 0 Å². The van der Waals surface area contributed by atoms with E-state index in [-0.39, 0.29) is 0 Å². The van der Waals surface area contributed by atoms with Gasteiger partial charge in [0.2, 0.25) is 0 Å². The Kier molecular flexibility index (Phi) is 3.70. The van der Waals surface area contributed by atoms with Gasteiger partial charge in [0.15, 0.2) is 0 Å². The van der Waals surface area contributed by atoms with E-state index in [0.29, 0.717) is 0 Å². The Hall–Kier alpha value is -4.50. The lowest BCUT2D eigenvalue weighted by Crippen LogP contribution is -1.98. The van der Waals surface area contributed by atoms with Crippen LogP contribution in [0.3, 0.4) is 0 Å². The monoisotopic (exact) mass is 424 g/mol. The van der Waals surface area contributed by atoms with Gasteiger partial charge < -0.3 is 14.7 Å². The fourth-order valence-corrected chi connectivity index (χ4v) is 5.06. The van der Waals surface area contributed by atoms with Crippen LogP contribution in [0.15, 0.2) is 114 Å². The zero-order chi connectivity index (χ0) is 21.9. The molecular formula is C30H20N2O. The molecule has 0 aliphatic rings. The third-order valence-electron chi connectivity index (χ3n) is 6.53. The van der Waals surface area contributed by atoms with Crippen molar-refractivity contribution < 1.29 is 4.42 Å². The van der Waals surface area contributed by atoms with Crippen molar-refractivity contribution in [2.45, 2.75) is 0 Å². The summed E-state index contributed by atoms with van der Waals surface area (Å²) in [6, 6.07) is 37.9. The van der Waals surface area contributed by atoms with Gasteiger partial charge in [0.05, 0.1) is 16.7 Å². The highest BCUT2D eigenvalue weighted by Crippen LogP contribution is 2.39. The predicted molar refractivity (Wildman–Crippen MR) is 138 cm³/mol. The van der Waals surface area contributed by atoms with Crippen molar-refractivity contribution in [1.82, 2.24) is 4.57 Å². The minimum absolute atomic E-state index is 0.742. The first-order valence-corrected chi connectivity index (χ1v) is 11.1. The molecule has 3 heteroatoms. The molecule has 3 nitrogen and oxygen atoms in total. The lowest BCUT2D eigenvalue weighted by Gasteiger charge is -2.15. The van der Waals surface area contributed by atoms with E-state index in [2.05, 4.69) is 89.5 Å². The molecule has 0 radical (unpaired) electrons. The molecule has 0 saturated carbocycles. The quantitative estimate of drug-likeness (QED) is 0.286. The van der Waals surface area contributed by atoms with Gasteiger partial charge in [0.1, 0.15) is 11.2 Å². The van der Waals surface area contributed by atoms with Gasteiger partial charge in [-0.1, -0.05) is 60.7 Å². The number of para-hydroxylation sites is 3. The fraction of sp³-hybridized carbons (Fsp3) is 0. The number of rotatable bonds is 2. The third-order valence-corrected chi connectivity index (χ3v) is 6.53. The van der Waals surface area contributed by atoms with Crippen LogP contribution in [0.4, 0.5) is 5.69 Å². The maximum atomic E-state index is 6.30. The van der Waals surface area contributed by atoms with Crippen LogP contribution < -0.4 is 5.73 Å². The largest absolute Gasteiger partial charge is 0.456 e. The minimum Gasteiger partial charge on any atom is -0.456 e. The molecule has 0 aliphatic carbocycles. The van der Waals surface area contributed by atoms with Gasteiger partial charge in [-0.15, -0.1) is 0 Å². The zero-order valence-corrected chi connectivity index (χ0v) is 17.8. The van der Waals surface area contributed by atoms with Gasteiger partial charge in [-0.3, -0.25) is 0 Å². The molecule has 0 aliphatic heterocycles. The molecule has 7 aromatic rings. The maximum absolute atomic E-state index is 6.30. The number of fused-ring (bicyclic) bond motifs is 6. The van der Waals surface area contributed by atoms with Crippen LogP contribution in [-0.4, -0.2) is 4.57 Å². The molecule has 0 spiro atoms. The van der Waals surface area contributed by atoms with E-state index in [1.54, 1.807) is 0 Å². The summed E-state index contributed by atoms with van der Waals surface area (Å²) in [5.74, 6) is 0. The number of aromatic nitrogens is 1. The number of nitrogens with zero attached hydrogens (tertiary/aromatic N) is 1. The standard InChI is InChI=1S/C30H20N2O/c31-20-14-15-28(32-26-10-4-1-7-21(26)22-8-2-5-11-27(22)32)24(18-20)19-13-16-30-25(17-19)23-9-3-6-12-29(23)33-30/h1-18H,31H2. The highest BCUT2D eigenvalue weighted by atomic mass is 16.3. The molecule has 2 N–H and O–H groups in total. The van der Waals surface area contributed by atoms with Crippen LogP contribution in [0, 0.1) is 0 Å². The summed E-state index contributed by atoms with van der Waals surface area (Å²) in [4.78, 5) is 0. The summed E-state index contributed by atoms with van der Waals surface area (Å²) in [6.07, 6.45) is 0. The number of anilines is 1. The number of hydrogen-bond donors (Lipinski definition) is 1. The van der Waals surface area contributed by atoms with Gasteiger partial charge in [-0.2, -0.15) is 0 Å². The average Bonchev–Trinajstić information content (AvgIpc) is 3.39. The van der Waals surface area contributed by atoms with Crippen LogP contribution in [0.2, 0.25) is 0 Å². The molecule has 33 heavy (non-hydrogen) atoms. The highest BCUT2D eigenvalue weighted by molar-refractivity contribution is 6.10. The zero-order valence-electron chi connectivity index (χ0n) is 17.8. The molecule has 7 rings (SSSR count). The Bertz CT molecular complexity index is 1780. The summed E-state index contributed by atoms with van der Waals surface area (Å²) < 4.78 is 8.40. The van der Waals surface area contributed by atoms with E-state index < -0.39 is 0 Å². The Morgan fingerprint density at radius 2 is 1.18 bits per heavy atom. The summed E-state index contributed by atoms with van der Waals surface area (Å²) in [5.41, 5.74) is 14.5. The lowest BCUT2D eigenvalue weighted by atomic mass is 10.00. The predicted octanol–water partition coefficient (Wildman–Crippen LogP) is 7.93. The second-order valence-corrected chi connectivity index (χ2v) is 8.46. The maximum Gasteiger partial charge on any atom is 0.135 e. The molecule has 0 fully saturated rings. The van der Waals surface area contributed by atoms with Crippen molar-refractivity contribution in [3.63, 3.8) is 0 Å². The molecule has 0 saturated heterocycles. The van der Waals surface area contributed by atoms with E-state index in [1.807, 2.05) is 24.3 Å². The number of hydrogen-bond acceptors (Lipinski definition) is 2. The smallest absolute Gasteiger partial charge is 0.135 e. The van der Waals surface area contributed by atoms with Crippen LogP contribution >= 0.6 is 0 Å². The molecular weight excluding hydrogens is 404 g/mol. The normalized spacial score (nSPS) is 11.8. The molecule has 156 valence electrons. The van der Waals surface area contributed by atoms with Crippen molar-refractivity contribution in [3.8, 4) is 16.8 Å². The molecule has 0 atom stereocenters. The molecule has 0 amide bonds. The van der Waals surface area contributed by atoms with Gasteiger partial charge in [-0.25, -0.2) is 0 Å². The first-order valence-electron chi connectivity index (χ1n) is 11.1. The van der Waals surface area contributed by atoms with Crippen LogP contribution in [0.5, 0.6) is 0 Å². The highest BCUT2D eigenvalue weighted by Gasteiger charge is 2.16. The van der Waals surface area contributed by atoms with Crippen molar-refractivity contribution in [3.05, 3.63) is 109 Å². The van der Waals surface area contributed by atoms with E-state index in [1.165, 1.54) is 21.8 Å². The Balaban J connectivity index is 1.56. The topological polar surface area (TPSA) is 44.1 Å². The van der Waals surface area contributed by atoms with E-state index in [4.69, 9.17) is 10.2 Å². The summed E-state index contributed by atoms with van der Waals surface area (Å²) >= 11 is 0. The lowest BCUT2D eigenvalue weighted by molar-refractivity contribution is 0.669. The fourth-order valence-electron chi connectivity index (χ4n) is 5.06. The van der Waals surface area contributed by atoms with E-state index in [0.717, 1.165) is 44.4 Å². The molecule has 0 bridgehead atoms. The summed E-state index contributed by atoms with van der Waals surface area (Å²) in [5, 5.41) is 4.72. The Morgan fingerprint density at radius 1 is 0.545 bits per heavy atom. The van der Waals surface area contributed by atoms with Gasteiger partial charge in [-0.05, 0) is 54.1 Å². The van der Waals surface area contributed by atoms with Crippen molar-refractivity contribution >= 4 is 49.4 Å². The van der Waals surface area contributed by atoms with Gasteiger partial charge in [0.25, 0.3) is 0 Å². The van der Waals surface area contributed by atoms with Gasteiger partial charge >= 0.3 is 0 Å². The van der Waals surface area contributed by atoms with Crippen LogP contribution in [-0.2, 0) is 0 Å². The molecule has 5 aromatic carbocycles. The number of benzene rings is 5. The second kappa shape index (κ2) is 6.75. The molecule has 2 aromatic heterocycles. The van der Waals surface area contributed by atoms with E-state index >= 15 is 0 Å². The first kappa shape index (κ1) is 18.1. The summed E-state index contributed by atoms with van der Waals surface area (Å²) in [6.45, 7) is 0. The van der Waals surface area contributed by atoms with Crippen molar-refractivity contribution in [2.75, 3.05) is 5.73 Å².